The van der Waals surface area contributed by atoms with Gasteiger partial charge in [-0.25, -0.2) is 68.6 Å². The van der Waals surface area contributed by atoms with Crippen LogP contribution in [0.3, 0.4) is 0 Å². The van der Waals surface area contributed by atoms with E-state index in [0.717, 1.165) is 47.0 Å². The van der Waals surface area contributed by atoms with Crippen LogP contribution in [0.25, 0.3) is 0 Å². The van der Waals surface area contributed by atoms with Crippen LogP contribution in [0, 0.1) is 37.1 Å². The van der Waals surface area contributed by atoms with Crippen molar-refractivity contribution in [1.82, 2.24) is 39.7 Å². The van der Waals surface area contributed by atoms with E-state index in [1.54, 1.807) is 44.9 Å². The predicted molar refractivity (Wildman–Crippen MR) is 279 cm³/mol. The number of benzene rings is 2. The smallest absolute Gasteiger partial charge is 0.416 e. The summed E-state index contributed by atoms with van der Waals surface area (Å²) in [5, 5.41) is 0. The van der Waals surface area contributed by atoms with Crippen LogP contribution in [0.1, 0.15) is 90.9 Å². The van der Waals surface area contributed by atoms with Crippen LogP contribution in [0.4, 0.5) is 55.5 Å². The zero-order chi connectivity index (χ0) is 60.1. The Morgan fingerprint density at radius 3 is 1.50 bits per heavy atom. The van der Waals surface area contributed by atoms with Gasteiger partial charge in [0.05, 0.1) is 22.5 Å². The molecule has 82 heavy (non-hydrogen) atoms. The summed E-state index contributed by atoms with van der Waals surface area (Å²) in [6, 6.07) is 8.22. The summed E-state index contributed by atoms with van der Waals surface area (Å²) in [5.74, 6) is -5.34. The van der Waals surface area contributed by atoms with Gasteiger partial charge in [-0.15, -0.1) is 0 Å². The highest BCUT2D eigenvalue weighted by Gasteiger charge is 2.41. The van der Waals surface area contributed by atoms with Gasteiger partial charge in [-0.2, -0.15) is 26.3 Å². The van der Waals surface area contributed by atoms with Crippen LogP contribution in [0.15, 0.2) is 95.5 Å². The van der Waals surface area contributed by atoms with Crippen molar-refractivity contribution in [3.8, 4) is 11.8 Å². The molecule has 6 atom stereocenters. The van der Waals surface area contributed by atoms with Crippen molar-refractivity contribution in [2.24, 2.45) is 0 Å². The first-order valence-electron chi connectivity index (χ1n) is 25.4. The van der Waals surface area contributed by atoms with Gasteiger partial charge < -0.3 is 24.0 Å². The van der Waals surface area contributed by atoms with Gasteiger partial charge in [0.2, 0.25) is 0 Å². The normalized spacial score (nSPS) is 19.8. The fourth-order valence-corrected chi connectivity index (χ4v) is 12.5. The molecule has 1 N–H and O–H groups in total. The topological polar surface area (TPSA) is 195 Å². The molecule has 8 rings (SSSR count). The number of sulfonamides is 2. The molecule has 2 aliphatic rings. The Hall–Kier alpha value is -6.82. The van der Waals surface area contributed by atoms with Crippen molar-refractivity contribution in [3.05, 3.63) is 143 Å². The number of hydrogen-bond donors (Lipinski definition) is 1. The second-order valence-corrected chi connectivity index (χ2v) is 23.3. The summed E-state index contributed by atoms with van der Waals surface area (Å²) in [5.41, 5.74) is -1.97. The third kappa shape index (κ3) is 14.9. The number of likely N-dealkylation sites (N-methyl/N-ethyl adjacent to an activating group) is 2. The van der Waals surface area contributed by atoms with E-state index in [2.05, 4.69) is 34.6 Å². The summed E-state index contributed by atoms with van der Waals surface area (Å²) >= 11 is 0. The Labute approximate surface area is 467 Å². The Balaban J connectivity index is 0.000000237. The minimum absolute atomic E-state index is 0.00655. The third-order valence-corrected chi connectivity index (χ3v) is 17.3. The molecule has 4 aromatic heterocycles. The van der Waals surface area contributed by atoms with Crippen molar-refractivity contribution in [2.75, 3.05) is 50.6 Å². The van der Waals surface area contributed by atoms with Crippen molar-refractivity contribution in [1.29, 1.82) is 0 Å². The molecule has 0 aliphatic heterocycles. The number of hydrogen-bond acceptors (Lipinski definition) is 15. The van der Waals surface area contributed by atoms with Gasteiger partial charge >= 0.3 is 12.4 Å². The third-order valence-electron chi connectivity index (χ3n) is 14.0. The van der Waals surface area contributed by atoms with E-state index in [4.69, 9.17) is 14.2 Å². The number of nitrogens with zero attached hydrogens (tertiary/aromatic N) is 9. The quantitative estimate of drug-likeness (QED) is 0.0669. The Morgan fingerprint density at radius 2 is 1.07 bits per heavy atom. The molecule has 4 heterocycles. The van der Waals surface area contributed by atoms with Gasteiger partial charge in [0.25, 0.3) is 31.8 Å². The molecule has 17 nitrogen and oxygen atoms in total. The van der Waals surface area contributed by atoms with Crippen LogP contribution in [0.5, 0.6) is 11.8 Å². The van der Waals surface area contributed by atoms with Crippen LogP contribution in [0.2, 0.25) is 0 Å². The van der Waals surface area contributed by atoms with Crippen molar-refractivity contribution in [2.45, 2.75) is 118 Å². The average Bonchev–Trinajstić information content (AvgIpc) is 3.61. The van der Waals surface area contributed by atoms with Gasteiger partial charge in [-0.3, -0.25) is 4.72 Å². The fraction of sp³-hybridized carbons (Fsp3) is 0.434. The van der Waals surface area contributed by atoms with Gasteiger partial charge in [0, 0.05) is 49.3 Å². The Bertz CT molecular complexity index is 3410. The lowest BCUT2D eigenvalue weighted by Gasteiger charge is -2.39. The molecule has 2 saturated carbocycles. The van der Waals surface area contributed by atoms with Crippen molar-refractivity contribution < 1.29 is 75.0 Å². The number of aromatic nitrogens is 6. The molecule has 6 aromatic rings. The van der Waals surface area contributed by atoms with Gasteiger partial charge in [0.1, 0.15) is 64.7 Å². The molecule has 2 aromatic carbocycles. The maximum atomic E-state index is 15.4. The van der Waals surface area contributed by atoms with Crippen molar-refractivity contribution in [3.63, 3.8) is 0 Å². The van der Waals surface area contributed by atoms with Crippen molar-refractivity contribution >= 4 is 31.7 Å². The first-order valence-corrected chi connectivity index (χ1v) is 28.3. The second-order valence-electron chi connectivity index (χ2n) is 19.8. The monoisotopic (exact) mass is 1200 g/mol. The van der Waals surface area contributed by atoms with Gasteiger partial charge in [-0.1, -0.05) is 0 Å². The zero-order valence-corrected chi connectivity index (χ0v) is 46.8. The van der Waals surface area contributed by atoms with Crippen LogP contribution >= 0.6 is 0 Å². The zero-order valence-electron chi connectivity index (χ0n) is 45.2. The maximum Gasteiger partial charge on any atom is 0.416 e. The molecule has 0 amide bonds. The fourth-order valence-electron chi connectivity index (χ4n) is 9.83. The average molecular weight is 1200 g/mol. The molecule has 29 heteroatoms. The first kappa shape index (κ1) is 62.8. The van der Waals surface area contributed by atoms with E-state index in [0.29, 0.717) is 18.6 Å². The molecule has 0 radical (unpaired) electrons. The molecule has 0 spiro atoms. The molecular formula is C53H58F10N10O7S2. The van der Waals surface area contributed by atoms with Crippen LogP contribution in [-0.4, -0.2) is 122 Å². The molecule has 2 fully saturated rings. The minimum atomic E-state index is -4.61. The molecule has 0 unspecified atom stereocenters. The lowest BCUT2D eigenvalue weighted by molar-refractivity contribution is -0.138. The minimum Gasteiger partial charge on any atom is -0.471 e. The number of rotatable bonds is 17. The highest BCUT2D eigenvalue weighted by molar-refractivity contribution is 7.93. The lowest BCUT2D eigenvalue weighted by atomic mass is 9.78. The van der Waals surface area contributed by atoms with E-state index in [9.17, 15) is 52.0 Å². The van der Waals surface area contributed by atoms with E-state index >= 15 is 8.78 Å². The number of aryl methyl sites for hydroxylation is 2. The van der Waals surface area contributed by atoms with Gasteiger partial charge in [-0.05, 0) is 153 Å². The number of pyridine rings is 2. The molecule has 444 valence electrons. The van der Waals surface area contributed by atoms with E-state index in [1.807, 2.05) is 0 Å². The molecule has 0 saturated heterocycles. The maximum absolute atomic E-state index is 15.4. The van der Waals surface area contributed by atoms with Gasteiger partial charge in [0.15, 0.2) is 11.6 Å². The molecule has 2 aliphatic carbocycles. The van der Waals surface area contributed by atoms with E-state index in [1.165, 1.54) is 44.7 Å². The van der Waals surface area contributed by atoms with Crippen LogP contribution < -0.4 is 18.5 Å². The highest BCUT2D eigenvalue weighted by atomic mass is 32.2. The second kappa shape index (κ2) is 25.8. The summed E-state index contributed by atoms with van der Waals surface area (Å²) in [4.78, 5) is 26.2. The Kier molecular flexibility index (Phi) is 19.7. The number of alkyl halides is 6. The summed E-state index contributed by atoms with van der Waals surface area (Å²) in [7, 11) is -1.66. The summed E-state index contributed by atoms with van der Waals surface area (Å²) in [6.07, 6.45) is -3.86. The number of nitrogens with one attached hydrogen (secondary N) is 1. The number of halogens is 10. The van der Waals surface area contributed by atoms with Crippen LogP contribution in [-0.2, 0) is 37.1 Å². The number of ether oxygens (including phenoxy) is 3. The Morgan fingerprint density at radius 1 is 0.610 bits per heavy atom. The molecule has 0 bridgehead atoms. The summed E-state index contributed by atoms with van der Waals surface area (Å²) < 4.78 is 212. The molecular weight excluding hydrogens is 1140 g/mol. The highest BCUT2D eigenvalue weighted by Crippen LogP contribution is 2.42. The summed E-state index contributed by atoms with van der Waals surface area (Å²) in [6.45, 7) is 4.31. The largest absolute Gasteiger partial charge is 0.471 e. The predicted octanol–water partition coefficient (Wildman–Crippen LogP) is 10.2. The van der Waals surface area contributed by atoms with E-state index < -0.39 is 124 Å². The lowest BCUT2D eigenvalue weighted by Crippen LogP contribution is -2.46. The first-order chi connectivity index (χ1) is 38.5. The number of anilines is 2. The standard InChI is InChI=1S/C28H32F5N5O4S.C25H26F5N5O3S/c1-5-41-16-38(26-10-11-34-15-35-26)43(39,40)25-14-22(30)27(36-17(25)2)42-24-9-6-18(12-23(24)37(3)4)20-13-19(28(31,32)33)7-8-21(20)29;1-14-22(39(36,37)34-23-8-9-31-13-32-23)12-19(27)24(33-14)38-21-7-4-15(10-20(21)35(2)3)17-11-16(25(28,29)30)5-6-18(17)26/h7-8,10-11,13-15,18,23-24H,5-6,9,12,16H2,1-4H3;5-6,8-9,11-13,15,20-21H,4,7,10H2,1-3H3,(H,31,32,34)/t18-,23-,24-;15-,20-,21-/m00/s1. The SMILES string of the molecule is CCOCN(c1ccncn1)S(=O)(=O)c1cc(F)c(O[C@H]2CC[C@H](c3cc(C(F)(F)F)ccc3F)C[C@@H]2N(C)C)nc1C.Cc1nc(O[C@H]2CC[C@H](c3cc(C(F)(F)F)ccc3F)C[C@@H]2N(C)C)c(F)cc1S(=O)(=O)Nc1ccncn1. The van der Waals surface area contributed by atoms with E-state index in [-0.39, 0.29) is 79.6 Å².